The Balaban J connectivity index is 0.00000220. The minimum absolute atomic E-state index is 0. The zero-order valence-corrected chi connectivity index (χ0v) is 13.6. The molecule has 1 heterocycles. The second-order valence-corrected chi connectivity index (χ2v) is 5.92. The third kappa shape index (κ3) is 4.68. The lowest BCUT2D eigenvalue weighted by molar-refractivity contribution is -0.133. The van der Waals surface area contributed by atoms with E-state index in [4.69, 9.17) is 10.3 Å². The molecule has 0 aromatic carbocycles. The summed E-state index contributed by atoms with van der Waals surface area (Å²) in [6, 6.07) is 0. The van der Waals surface area contributed by atoms with Gasteiger partial charge in [-0.3, -0.25) is 4.79 Å². The lowest BCUT2D eigenvalue weighted by Gasteiger charge is -2.36. The van der Waals surface area contributed by atoms with Gasteiger partial charge in [0, 0.05) is 20.4 Å². The highest BCUT2D eigenvalue weighted by Crippen LogP contribution is 2.38. The molecule has 0 spiro atoms. The van der Waals surface area contributed by atoms with Crippen molar-refractivity contribution >= 4 is 18.3 Å². The van der Waals surface area contributed by atoms with E-state index in [1.807, 2.05) is 0 Å². The van der Waals surface area contributed by atoms with E-state index in [2.05, 4.69) is 10.1 Å². The fraction of sp³-hybridized carbons (Fsp3) is 0.786. The van der Waals surface area contributed by atoms with Crippen molar-refractivity contribution in [3.05, 3.63) is 11.7 Å². The Morgan fingerprint density at radius 2 is 2.05 bits per heavy atom. The van der Waals surface area contributed by atoms with E-state index in [0.29, 0.717) is 31.2 Å². The normalized spacial score (nSPS) is 17.1. The summed E-state index contributed by atoms with van der Waals surface area (Å²) in [5, 5.41) is 3.82. The lowest BCUT2D eigenvalue weighted by atomic mass is 9.71. The van der Waals surface area contributed by atoms with E-state index in [9.17, 15) is 4.79 Å². The monoisotopic (exact) mass is 316 g/mol. The van der Waals surface area contributed by atoms with Crippen LogP contribution >= 0.6 is 12.4 Å². The quantitative estimate of drug-likeness (QED) is 0.898. The SMILES string of the molecule is Cc1nc(CN(C)C(=O)CC2(CN)CCCCC2)no1.Cl. The Bertz CT molecular complexity index is 458. The maximum Gasteiger partial charge on any atom is 0.223 e. The number of nitrogens with zero attached hydrogens (tertiary/aromatic N) is 3. The number of amides is 1. The van der Waals surface area contributed by atoms with Crippen LogP contribution in [0.3, 0.4) is 0 Å². The molecule has 0 unspecified atom stereocenters. The van der Waals surface area contributed by atoms with Gasteiger partial charge in [-0.05, 0) is 24.8 Å². The molecular weight excluding hydrogens is 292 g/mol. The van der Waals surface area contributed by atoms with E-state index < -0.39 is 0 Å². The van der Waals surface area contributed by atoms with Crippen LogP contribution in [0.25, 0.3) is 0 Å². The number of nitrogens with two attached hydrogens (primary N) is 1. The van der Waals surface area contributed by atoms with E-state index >= 15 is 0 Å². The van der Waals surface area contributed by atoms with Gasteiger partial charge in [0.25, 0.3) is 0 Å². The molecule has 0 atom stereocenters. The van der Waals surface area contributed by atoms with Crippen molar-refractivity contribution in [1.29, 1.82) is 0 Å². The number of carbonyl (C=O) groups is 1. The van der Waals surface area contributed by atoms with Gasteiger partial charge in [0.2, 0.25) is 11.8 Å². The zero-order chi connectivity index (χ0) is 14.6. The molecular formula is C14H25ClN4O2. The summed E-state index contributed by atoms with van der Waals surface area (Å²) in [6.07, 6.45) is 6.26. The Morgan fingerprint density at radius 3 is 2.57 bits per heavy atom. The van der Waals surface area contributed by atoms with Crippen LogP contribution in [-0.2, 0) is 11.3 Å². The lowest BCUT2D eigenvalue weighted by Crippen LogP contribution is -2.39. The van der Waals surface area contributed by atoms with Gasteiger partial charge in [0.05, 0.1) is 6.54 Å². The van der Waals surface area contributed by atoms with E-state index in [0.717, 1.165) is 12.8 Å². The highest BCUT2D eigenvalue weighted by atomic mass is 35.5. The number of hydrogen-bond donors (Lipinski definition) is 1. The molecule has 1 amide bonds. The Kier molecular flexibility index (Phi) is 6.61. The molecule has 1 fully saturated rings. The molecule has 120 valence electrons. The van der Waals surface area contributed by atoms with Crippen LogP contribution in [0, 0.1) is 12.3 Å². The predicted octanol–water partition coefficient (Wildman–Crippen LogP) is 2.06. The van der Waals surface area contributed by atoms with E-state index in [1.165, 1.54) is 19.3 Å². The molecule has 6 nitrogen and oxygen atoms in total. The molecule has 1 aromatic heterocycles. The molecule has 0 bridgehead atoms. The standard InChI is InChI=1S/C14H24N4O2.ClH/c1-11-16-12(17-20-11)9-18(2)13(19)8-14(10-15)6-4-3-5-7-14;/h3-10,15H2,1-2H3;1H. The topological polar surface area (TPSA) is 85.2 Å². The van der Waals surface area contributed by atoms with Crippen LogP contribution in [0.15, 0.2) is 4.52 Å². The first kappa shape index (κ1) is 17.9. The minimum Gasteiger partial charge on any atom is -0.340 e. The first-order valence-corrected chi connectivity index (χ1v) is 7.28. The summed E-state index contributed by atoms with van der Waals surface area (Å²) in [4.78, 5) is 18.2. The first-order chi connectivity index (χ1) is 9.54. The van der Waals surface area contributed by atoms with Crippen LogP contribution in [0.1, 0.15) is 50.2 Å². The summed E-state index contributed by atoms with van der Waals surface area (Å²) in [6.45, 7) is 2.72. The van der Waals surface area contributed by atoms with Crippen molar-refractivity contribution in [2.75, 3.05) is 13.6 Å². The van der Waals surface area contributed by atoms with Crippen molar-refractivity contribution in [3.8, 4) is 0 Å². The third-order valence-electron chi connectivity index (χ3n) is 4.25. The summed E-state index contributed by atoms with van der Waals surface area (Å²) in [5.41, 5.74) is 5.93. The van der Waals surface area contributed by atoms with Crippen LogP contribution in [0.5, 0.6) is 0 Å². The maximum atomic E-state index is 12.4. The number of halogens is 1. The summed E-state index contributed by atoms with van der Waals surface area (Å²) in [7, 11) is 1.78. The molecule has 0 aliphatic heterocycles. The number of aromatic nitrogens is 2. The van der Waals surface area contributed by atoms with Crippen LogP contribution in [0.4, 0.5) is 0 Å². The van der Waals surface area contributed by atoms with Crippen molar-refractivity contribution in [3.63, 3.8) is 0 Å². The number of rotatable bonds is 5. The van der Waals surface area contributed by atoms with Gasteiger partial charge in [-0.25, -0.2) is 0 Å². The smallest absolute Gasteiger partial charge is 0.223 e. The molecule has 1 aliphatic rings. The third-order valence-corrected chi connectivity index (χ3v) is 4.25. The fourth-order valence-corrected chi connectivity index (χ4v) is 2.92. The first-order valence-electron chi connectivity index (χ1n) is 7.28. The number of aryl methyl sites for hydroxylation is 1. The van der Waals surface area contributed by atoms with Crippen LogP contribution in [0.2, 0.25) is 0 Å². The highest BCUT2D eigenvalue weighted by Gasteiger charge is 2.34. The van der Waals surface area contributed by atoms with Crippen LogP contribution < -0.4 is 5.73 Å². The fourth-order valence-electron chi connectivity index (χ4n) is 2.92. The summed E-state index contributed by atoms with van der Waals surface area (Å²) < 4.78 is 4.92. The molecule has 0 saturated heterocycles. The average Bonchev–Trinajstić information content (AvgIpc) is 2.85. The van der Waals surface area contributed by atoms with E-state index in [-0.39, 0.29) is 23.7 Å². The molecule has 1 aliphatic carbocycles. The van der Waals surface area contributed by atoms with Gasteiger partial charge in [-0.2, -0.15) is 4.98 Å². The predicted molar refractivity (Wildman–Crippen MR) is 81.9 cm³/mol. The molecule has 7 heteroatoms. The molecule has 1 saturated carbocycles. The Hall–Kier alpha value is -1.14. The molecule has 0 radical (unpaired) electrons. The van der Waals surface area contributed by atoms with Gasteiger partial charge in [0.1, 0.15) is 0 Å². The molecule has 2 N–H and O–H groups in total. The van der Waals surface area contributed by atoms with Gasteiger partial charge >= 0.3 is 0 Å². The zero-order valence-electron chi connectivity index (χ0n) is 12.8. The molecule has 21 heavy (non-hydrogen) atoms. The Morgan fingerprint density at radius 1 is 1.38 bits per heavy atom. The average molecular weight is 317 g/mol. The van der Waals surface area contributed by atoms with Crippen molar-refractivity contribution in [2.45, 2.75) is 52.0 Å². The Labute approximate surface area is 131 Å². The van der Waals surface area contributed by atoms with E-state index in [1.54, 1.807) is 18.9 Å². The van der Waals surface area contributed by atoms with Crippen LogP contribution in [-0.4, -0.2) is 34.5 Å². The van der Waals surface area contributed by atoms with Crippen molar-refractivity contribution in [2.24, 2.45) is 11.1 Å². The molecule has 2 rings (SSSR count). The van der Waals surface area contributed by atoms with Gasteiger partial charge in [-0.15, -0.1) is 12.4 Å². The second-order valence-electron chi connectivity index (χ2n) is 5.92. The maximum absolute atomic E-state index is 12.4. The van der Waals surface area contributed by atoms with Crippen molar-refractivity contribution in [1.82, 2.24) is 15.0 Å². The van der Waals surface area contributed by atoms with Gasteiger partial charge < -0.3 is 15.2 Å². The molecule has 1 aromatic rings. The largest absolute Gasteiger partial charge is 0.340 e. The second kappa shape index (κ2) is 7.75. The number of carbonyl (C=O) groups excluding carboxylic acids is 1. The summed E-state index contributed by atoms with van der Waals surface area (Å²) in [5.74, 6) is 1.18. The van der Waals surface area contributed by atoms with Gasteiger partial charge in [0.15, 0.2) is 5.82 Å². The minimum atomic E-state index is -0.00321. The van der Waals surface area contributed by atoms with Crippen molar-refractivity contribution < 1.29 is 9.32 Å². The number of hydrogen-bond acceptors (Lipinski definition) is 5. The van der Waals surface area contributed by atoms with Gasteiger partial charge in [-0.1, -0.05) is 24.4 Å². The highest BCUT2D eigenvalue weighted by molar-refractivity contribution is 5.85. The summed E-state index contributed by atoms with van der Waals surface area (Å²) >= 11 is 0.